The summed E-state index contributed by atoms with van der Waals surface area (Å²) in [5.41, 5.74) is 2.54. The highest BCUT2D eigenvalue weighted by atomic mass is 35.5. The van der Waals surface area contributed by atoms with Gasteiger partial charge in [-0.2, -0.15) is 13.2 Å². The van der Waals surface area contributed by atoms with Crippen LogP contribution in [0.1, 0.15) is 65.2 Å². The molecule has 0 saturated heterocycles. The highest BCUT2D eigenvalue weighted by molar-refractivity contribution is 6.34. The van der Waals surface area contributed by atoms with Crippen LogP contribution in [0.25, 0.3) is 0 Å². The summed E-state index contributed by atoms with van der Waals surface area (Å²) in [5.74, 6) is -6.15. The number of rotatable bonds is 39. The SMILES string of the molecule is O=C(CCc1cc(Cl)c(Oc2ccncc2C(=O)N2CCN(C3CC3)c3ccccc32)cc1Cl)NCCOCCOCCOCCOCCOCCOCCOCCOCCC(=O)N[C@@H](CC(=O)N1CCn2c(nnc2C(F)(F)F)C1)Cc1cc(F)c(F)cc1F. The molecule has 5 aromatic rings. The molecular weight excluding hydrogens is 1250 g/mol. The number of hydrogen-bond donors (Lipinski definition) is 2. The van der Waals surface area contributed by atoms with E-state index in [1.807, 2.05) is 18.2 Å². The second-order valence-corrected chi connectivity index (χ2v) is 22.0. The fraction of sp³-hybridized carbons (Fsp3) is 0.525. The summed E-state index contributed by atoms with van der Waals surface area (Å²) in [6, 6.07) is 13.2. The van der Waals surface area contributed by atoms with Crippen LogP contribution in [-0.4, -0.2) is 192 Å². The Morgan fingerprint density at radius 3 is 1.86 bits per heavy atom. The molecule has 2 aromatic heterocycles. The highest BCUT2D eigenvalue weighted by Crippen LogP contribution is 2.42. The van der Waals surface area contributed by atoms with Gasteiger partial charge in [0.25, 0.3) is 5.91 Å². The molecule has 0 unspecified atom stereocenters. The minimum atomic E-state index is -4.74. The highest BCUT2D eigenvalue weighted by Gasteiger charge is 2.40. The molecule has 2 N–H and O–H groups in total. The van der Waals surface area contributed by atoms with Crippen LogP contribution >= 0.6 is 23.2 Å². The number of ether oxygens (including phenoxy) is 9. The van der Waals surface area contributed by atoms with Gasteiger partial charge in [0.2, 0.25) is 23.5 Å². The summed E-state index contributed by atoms with van der Waals surface area (Å²) in [5, 5.41) is 12.8. The van der Waals surface area contributed by atoms with Gasteiger partial charge in [-0.3, -0.25) is 24.2 Å². The van der Waals surface area contributed by atoms with Gasteiger partial charge in [-0.05, 0) is 67.1 Å². The molecule has 2 aliphatic heterocycles. The lowest BCUT2D eigenvalue weighted by atomic mass is 10.0. The van der Waals surface area contributed by atoms with Crippen molar-refractivity contribution in [1.82, 2.24) is 35.3 Å². The molecule has 1 atom stereocenters. The fourth-order valence-corrected chi connectivity index (χ4v) is 10.4. The lowest BCUT2D eigenvalue weighted by Crippen LogP contribution is -2.45. The molecule has 3 aromatic carbocycles. The van der Waals surface area contributed by atoms with Gasteiger partial charge < -0.3 is 72.5 Å². The molecule has 30 heteroatoms. The van der Waals surface area contributed by atoms with Crippen LogP contribution in [0.5, 0.6) is 11.5 Å². The first-order valence-corrected chi connectivity index (χ1v) is 30.6. The van der Waals surface area contributed by atoms with E-state index in [0.717, 1.165) is 35.3 Å². The summed E-state index contributed by atoms with van der Waals surface area (Å²) >= 11 is 13.3. The first kappa shape index (κ1) is 70.1. The summed E-state index contributed by atoms with van der Waals surface area (Å²) in [7, 11) is 0. The fourth-order valence-electron chi connectivity index (χ4n) is 9.88. The van der Waals surface area contributed by atoms with E-state index in [9.17, 15) is 45.5 Å². The van der Waals surface area contributed by atoms with Crippen LogP contribution in [0.3, 0.4) is 0 Å². The molecule has 22 nitrogen and oxygen atoms in total. The van der Waals surface area contributed by atoms with Crippen LogP contribution in [0, 0.1) is 17.5 Å². The summed E-state index contributed by atoms with van der Waals surface area (Å²) in [6.45, 7) is 5.69. The molecule has 0 radical (unpaired) electrons. The maximum Gasteiger partial charge on any atom is 0.451 e. The normalized spacial score (nSPS) is 14.3. The Kier molecular flexibility index (Phi) is 27.7. The number of para-hydroxylation sites is 2. The Balaban J connectivity index is 0.569. The van der Waals surface area contributed by atoms with Gasteiger partial charge in [0.05, 0.1) is 129 Å². The van der Waals surface area contributed by atoms with Crippen molar-refractivity contribution in [3.63, 3.8) is 0 Å². The molecule has 3 aliphatic rings. The van der Waals surface area contributed by atoms with Crippen LogP contribution in [0.15, 0.2) is 67.0 Å². The first-order chi connectivity index (χ1) is 44.0. The molecular formula is C61H73Cl2F6N9O13. The number of aryl methyl sites for hydroxylation is 1. The van der Waals surface area contributed by atoms with Crippen LogP contribution < -0.4 is 25.2 Å². The maximum absolute atomic E-state index is 14.6. The molecule has 0 spiro atoms. The quantitative estimate of drug-likeness (QED) is 0.0220. The largest absolute Gasteiger partial charge is 0.455 e. The zero-order chi connectivity index (χ0) is 64.5. The van der Waals surface area contributed by atoms with Gasteiger partial charge >= 0.3 is 6.18 Å². The number of fused-ring (bicyclic) bond motifs is 2. The lowest BCUT2D eigenvalue weighted by Gasteiger charge is -2.38. The van der Waals surface area contributed by atoms with E-state index in [4.69, 9.17) is 65.8 Å². The third kappa shape index (κ3) is 22.0. The molecule has 4 amide bonds. The van der Waals surface area contributed by atoms with Gasteiger partial charge in [0, 0.05) is 93.6 Å². The Morgan fingerprint density at radius 1 is 0.626 bits per heavy atom. The number of anilines is 2. The minimum absolute atomic E-state index is 0.0448. The van der Waals surface area contributed by atoms with E-state index < -0.39 is 53.7 Å². The zero-order valence-electron chi connectivity index (χ0n) is 50.0. The Morgan fingerprint density at radius 2 is 1.23 bits per heavy atom. The van der Waals surface area contributed by atoms with Gasteiger partial charge in [-0.1, -0.05) is 35.3 Å². The second kappa shape index (κ2) is 35.9. The molecule has 91 heavy (non-hydrogen) atoms. The van der Waals surface area contributed by atoms with Crippen molar-refractivity contribution < 1.29 is 88.2 Å². The number of aromatic nitrogens is 4. The molecule has 1 aliphatic carbocycles. The van der Waals surface area contributed by atoms with Crippen molar-refractivity contribution in [1.29, 1.82) is 0 Å². The third-order valence-corrected chi connectivity index (χ3v) is 15.2. The molecule has 8 rings (SSSR count). The van der Waals surface area contributed by atoms with E-state index in [2.05, 4.69) is 36.8 Å². The number of nitrogens with zero attached hydrogens (tertiary/aromatic N) is 7. The average molecular weight is 1330 g/mol. The number of halogens is 8. The van der Waals surface area contributed by atoms with Crippen LogP contribution in [0.4, 0.5) is 37.7 Å². The molecule has 0 bridgehead atoms. The molecule has 496 valence electrons. The topological polar surface area (TPSA) is 229 Å². The smallest absolute Gasteiger partial charge is 0.451 e. The maximum atomic E-state index is 14.6. The average Bonchev–Trinajstić information content (AvgIpc) is 1.88. The number of hydrogen-bond acceptors (Lipinski definition) is 17. The predicted molar refractivity (Wildman–Crippen MR) is 319 cm³/mol. The van der Waals surface area contributed by atoms with E-state index >= 15 is 0 Å². The standard InChI is InChI=1S/C61H73Cl2F6N9O13/c62-46-37-54(91-53-9-11-70-39-45(53)59(82)77-16-15-76(44-6-7-44)51-3-1-2-4-52(51)77)47(63)34-41(46)5-8-56(79)71-12-18-84-20-22-86-24-26-88-28-30-90-32-31-89-29-27-87-25-23-85-21-19-83-17-10-57(80)72-43(33-42-35-49(65)50(66)38-48(42)64)36-58(81)75-13-14-78-55(40-75)73-74-60(78)61(67,68)69/h1-4,9,11,34-35,37-39,43-44H,5-8,10,12-33,36,40H2,(H,71,79)(H,72,80)/t43-/m1/s1. The van der Waals surface area contributed by atoms with Gasteiger partial charge in [0.15, 0.2) is 17.5 Å². The third-order valence-electron chi connectivity index (χ3n) is 14.6. The van der Waals surface area contributed by atoms with Crippen molar-refractivity contribution in [2.45, 2.75) is 76.3 Å². The first-order valence-electron chi connectivity index (χ1n) is 29.9. The number of benzene rings is 3. The van der Waals surface area contributed by atoms with Crippen molar-refractivity contribution >= 4 is 58.2 Å². The van der Waals surface area contributed by atoms with E-state index in [1.54, 1.807) is 29.3 Å². The molecule has 4 heterocycles. The van der Waals surface area contributed by atoms with Crippen molar-refractivity contribution in [2.75, 3.05) is 142 Å². The zero-order valence-corrected chi connectivity index (χ0v) is 51.5. The monoisotopic (exact) mass is 1320 g/mol. The predicted octanol–water partition coefficient (Wildman–Crippen LogP) is 7.57. The second-order valence-electron chi connectivity index (χ2n) is 21.2. The summed E-state index contributed by atoms with van der Waals surface area (Å²) in [6.07, 6.45) is 0.110. The van der Waals surface area contributed by atoms with Crippen molar-refractivity contribution in [3.05, 3.63) is 123 Å². The number of carbonyl (C=O) groups is 4. The minimum Gasteiger partial charge on any atom is -0.455 e. The Hall–Kier alpha value is -6.73. The van der Waals surface area contributed by atoms with Crippen LogP contribution in [0.2, 0.25) is 10.0 Å². The van der Waals surface area contributed by atoms with E-state index in [1.165, 1.54) is 11.1 Å². The van der Waals surface area contributed by atoms with Gasteiger partial charge in [0.1, 0.15) is 22.9 Å². The van der Waals surface area contributed by atoms with Crippen molar-refractivity contribution in [3.8, 4) is 11.5 Å². The molecule has 1 saturated carbocycles. The summed E-state index contributed by atoms with van der Waals surface area (Å²) in [4.78, 5) is 62.3. The number of alkyl halides is 3. The summed E-state index contributed by atoms with van der Waals surface area (Å²) < 4.78 is 133. The Bertz CT molecular complexity index is 3190. The molecule has 1 fully saturated rings. The van der Waals surface area contributed by atoms with Crippen molar-refractivity contribution in [2.24, 2.45) is 0 Å². The van der Waals surface area contributed by atoms with Gasteiger partial charge in [-0.15, -0.1) is 10.2 Å². The van der Waals surface area contributed by atoms with Crippen LogP contribution in [-0.2, 0) is 84.4 Å². The number of nitrogens with one attached hydrogen (secondary N) is 2. The lowest BCUT2D eigenvalue weighted by molar-refractivity contribution is -0.148. The van der Waals surface area contributed by atoms with E-state index in [0.29, 0.717) is 128 Å². The number of amides is 4. The number of pyridine rings is 1. The number of carbonyl (C=O) groups excluding carboxylic acids is 4. The van der Waals surface area contributed by atoms with Gasteiger partial charge in [-0.25, -0.2) is 13.2 Å². The van der Waals surface area contributed by atoms with E-state index in [-0.39, 0.29) is 111 Å². The Labute approximate surface area is 531 Å².